The SMILES string of the molecule is Cc1ccc(C(=O)N/N=C\c2cc(C)n(-c3ccc(C(=O)O)c(Cl)c3)c2C)cc1. The maximum atomic E-state index is 12.2. The van der Waals surface area contributed by atoms with Gasteiger partial charge in [0.25, 0.3) is 5.91 Å². The summed E-state index contributed by atoms with van der Waals surface area (Å²) in [4.78, 5) is 23.3. The van der Waals surface area contributed by atoms with Crippen LogP contribution in [0.1, 0.15) is 43.2 Å². The van der Waals surface area contributed by atoms with E-state index in [1.54, 1.807) is 30.5 Å². The fraction of sp³-hybridized carbons (Fsp3) is 0.136. The number of carbonyl (C=O) groups excluding carboxylic acids is 1. The van der Waals surface area contributed by atoms with E-state index in [0.29, 0.717) is 5.56 Å². The highest BCUT2D eigenvalue weighted by Gasteiger charge is 2.13. The van der Waals surface area contributed by atoms with Gasteiger partial charge in [-0.05, 0) is 57.2 Å². The van der Waals surface area contributed by atoms with Gasteiger partial charge in [-0.2, -0.15) is 5.10 Å². The summed E-state index contributed by atoms with van der Waals surface area (Å²) in [6, 6.07) is 14.0. The van der Waals surface area contributed by atoms with E-state index < -0.39 is 5.97 Å². The highest BCUT2D eigenvalue weighted by atomic mass is 35.5. The molecule has 0 atom stereocenters. The van der Waals surface area contributed by atoms with E-state index in [0.717, 1.165) is 28.2 Å². The van der Waals surface area contributed by atoms with Crippen molar-refractivity contribution in [1.29, 1.82) is 0 Å². The number of carboxylic acids is 1. The zero-order valence-corrected chi connectivity index (χ0v) is 17.0. The van der Waals surface area contributed by atoms with Gasteiger partial charge in [-0.3, -0.25) is 4.79 Å². The topological polar surface area (TPSA) is 83.7 Å². The summed E-state index contributed by atoms with van der Waals surface area (Å²) in [5, 5.41) is 13.4. The van der Waals surface area contributed by atoms with Crippen LogP contribution in [0.2, 0.25) is 5.02 Å². The maximum absolute atomic E-state index is 12.2. The molecule has 0 radical (unpaired) electrons. The molecule has 1 heterocycles. The number of hydrogen-bond acceptors (Lipinski definition) is 3. The molecular weight excluding hydrogens is 390 g/mol. The molecular formula is C22H20ClN3O3. The van der Waals surface area contributed by atoms with Crippen LogP contribution in [0.3, 0.4) is 0 Å². The molecule has 2 N–H and O–H groups in total. The van der Waals surface area contributed by atoms with Crippen LogP contribution in [0.4, 0.5) is 0 Å². The summed E-state index contributed by atoms with van der Waals surface area (Å²) in [5.41, 5.74) is 7.57. The molecule has 148 valence electrons. The van der Waals surface area contributed by atoms with Gasteiger partial charge in [0.1, 0.15) is 0 Å². The average molecular weight is 410 g/mol. The molecule has 6 nitrogen and oxygen atoms in total. The van der Waals surface area contributed by atoms with E-state index in [2.05, 4.69) is 10.5 Å². The molecule has 0 saturated carbocycles. The van der Waals surface area contributed by atoms with Crippen LogP contribution in [-0.2, 0) is 0 Å². The number of carbonyl (C=O) groups is 2. The quantitative estimate of drug-likeness (QED) is 0.480. The van der Waals surface area contributed by atoms with E-state index in [4.69, 9.17) is 16.7 Å². The van der Waals surface area contributed by atoms with Crippen LogP contribution in [0.5, 0.6) is 0 Å². The maximum Gasteiger partial charge on any atom is 0.337 e. The number of aryl methyl sites for hydroxylation is 2. The number of aromatic carboxylic acids is 1. The highest BCUT2D eigenvalue weighted by Crippen LogP contribution is 2.24. The molecule has 0 fully saturated rings. The Morgan fingerprint density at radius 2 is 1.76 bits per heavy atom. The van der Waals surface area contributed by atoms with Gasteiger partial charge in [-0.25, -0.2) is 10.2 Å². The lowest BCUT2D eigenvalue weighted by Gasteiger charge is -2.11. The Bertz CT molecular complexity index is 1120. The Morgan fingerprint density at radius 1 is 1.07 bits per heavy atom. The lowest BCUT2D eigenvalue weighted by Crippen LogP contribution is -2.17. The van der Waals surface area contributed by atoms with Gasteiger partial charge in [0.15, 0.2) is 0 Å². The number of amides is 1. The Labute approximate surface area is 173 Å². The van der Waals surface area contributed by atoms with Crippen LogP contribution in [-0.4, -0.2) is 27.8 Å². The third kappa shape index (κ3) is 4.38. The number of nitrogens with one attached hydrogen (secondary N) is 1. The van der Waals surface area contributed by atoms with Gasteiger partial charge in [0.2, 0.25) is 0 Å². The number of nitrogens with zero attached hydrogens (tertiary/aromatic N) is 2. The van der Waals surface area contributed by atoms with Crippen molar-refractivity contribution in [2.75, 3.05) is 0 Å². The third-order valence-corrected chi connectivity index (χ3v) is 4.91. The van der Waals surface area contributed by atoms with Gasteiger partial charge < -0.3 is 9.67 Å². The van der Waals surface area contributed by atoms with E-state index in [1.807, 2.05) is 43.5 Å². The molecule has 29 heavy (non-hydrogen) atoms. The number of halogens is 1. The molecule has 0 bridgehead atoms. The first-order valence-corrected chi connectivity index (χ1v) is 9.28. The summed E-state index contributed by atoms with van der Waals surface area (Å²) in [7, 11) is 0. The number of benzene rings is 2. The Kier molecular flexibility index (Phi) is 5.84. The van der Waals surface area contributed by atoms with E-state index in [-0.39, 0.29) is 16.5 Å². The standard InChI is InChI=1S/C22H20ClN3O3/c1-13-4-6-16(7-5-13)21(27)25-24-12-17-10-14(2)26(15(17)3)18-8-9-19(22(28)29)20(23)11-18/h4-12H,1-3H3,(H,25,27)(H,28,29)/b24-12-. The van der Waals surface area contributed by atoms with Crippen molar-refractivity contribution in [2.45, 2.75) is 20.8 Å². The number of aromatic nitrogens is 1. The summed E-state index contributed by atoms with van der Waals surface area (Å²) in [6.45, 7) is 5.79. The van der Waals surface area contributed by atoms with Gasteiger partial charge in [-0.1, -0.05) is 29.3 Å². The molecule has 1 aromatic heterocycles. The largest absolute Gasteiger partial charge is 0.478 e. The minimum absolute atomic E-state index is 0.0542. The average Bonchev–Trinajstić information content (AvgIpc) is 2.95. The van der Waals surface area contributed by atoms with Gasteiger partial charge in [0.05, 0.1) is 16.8 Å². The predicted octanol–water partition coefficient (Wildman–Crippen LogP) is 4.52. The second-order valence-corrected chi connectivity index (χ2v) is 7.10. The summed E-state index contributed by atoms with van der Waals surface area (Å²) in [5.74, 6) is -1.36. The van der Waals surface area contributed by atoms with Crippen LogP contribution < -0.4 is 5.43 Å². The second-order valence-electron chi connectivity index (χ2n) is 6.70. The summed E-state index contributed by atoms with van der Waals surface area (Å²) < 4.78 is 1.95. The lowest BCUT2D eigenvalue weighted by atomic mass is 10.1. The van der Waals surface area contributed by atoms with Gasteiger partial charge >= 0.3 is 5.97 Å². The smallest absolute Gasteiger partial charge is 0.337 e. The fourth-order valence-electron chi connectivity index (χ4n) is 3.06. The van der Waals surface area contributed by atoms with Crippen LogP contribution in [0, 0.1) is 20.8 Å². The zero-order valence-electron chi connectivity index (χ0n) is 16.2. The fourth-order valence-corrected chi connectivity index (χ4v) is 3.32. The van der Waals surface area contributed by atoms with Crippen LogP contribution in [0.15, 0.2) is 53.6 Å². The zero-order chi connectivity index (χ0) is 21.1. The lowest BCUT2D eigenvalue weighted by molar-refractivity contribution is 0.0697. The van der Waals surface area contributed by atoms with E-state index in [9.17, 15) is 9.59 Å². The van der Waals surface area contributed by atoms with Crippen molar-refractivity contribution < 1.29 is 14.7 Å². The third-order valence-electron chi connectivity index (χ3n) is 4.60. The first-order valence-electron chi connectivity index (χ1n) is 8.90. The van der Waals surface area contributed by atoms with Crippen LogP contribution in [0.25, 0.3) is 5.69 Å². The predicted molar refractivity (Wildman–Crippen MR) is 113 cm³/mol. The molecule has 0 saturated heterocycles. The number of carboxylic acid groups (broad SMARTS) is 1. The van der Waals surface area contributed by atoms with Gasteiger partial charge in [0, 0.05) is 28.2 Å². The van der Waals surface area contributed by atoms with Crippen molar-refractivity contribution in [3.63, 3.8) is 0 Å². The first-order chi connectivity index (χ1) is 13.8. The molecule has 7 heteroatoms. The van der Waals surface area contributed by atoms with Crippen molar-refractivity contribution in [2.24, 2.45) is 5.10 Å². The summed E-state index contributed by atoms with van der Waals surface area (Å²) >= 11 is 6.10. The van der Waals surface area contributed by atoms with E-state index in [1.165, 1.54) is 6.07 Å². The Hall–Kier alpha value is -3.38. The summed E-state index contributed by atoms with van der Waals surface area (Å²) in [6.07, 6.45) is 1.58. The molecule has 3 rings (SSSR count). The second kappa shape index (κ2) is 8.32. The normalized spacial score (nSPS) is 11.0. The number of hydrazone groups is 1. The van der Waals surface area contributed by atoms with Gasteiger partial charge in [-0.15, -0.1) is 0 Å². The van der Waals surface area contributed by atoms with Crippen molar-refractivity contribution in [1.82, 2.24) is 9.99 Å². The first kappa shape index (κ1) is 20.4. The monoisotopic (exact) mass is 409 g/mol. The van der Waals surface area contributed by atoms with Crippen LogP contribution >= 0.6 is 11.6 Å². The Morgan fingerprint density at radius 3 is 2.38 bits per heavy atom. The minimum Gasteiger partial charge on any atom is -0.478 e. The molecule has 0 aliphatic carbocycles. The molecule has 2 aromatic carbocycles. The molecule has 0 spiro atoms. The molecule has 1 amide bonds. The minimum atomic E-state index is -1.07. The van der Waals surface area contributed by atoms with Crippen molar-refractivity contribution in [3.05, 3.63) is 87.2 Å². The number of rotatable bonds is 5. The van der Waals surface area contributed by atoms with E-state index >= 15 is 0 Å². The molecule has 0 aliphatic heterocycles. The Balaban J connectivity index is 1.81. The van der Waals surface area contributed by atoms with Crippen molar-refractivity contribution >= 4 is 29.7 Å². The highest BCUT2D eigenvalue weighted by molar-refractivity contribution is 6.33. The molecule has 0 unspecified atom stereocenters. The molecule has 3 aromatic rings. The number of hydrogen-bond donors (Lipinski definition) is 2. The molecule has 0 aliphatic rings. The van der Waals surface area contributed by atoms with Crippen molar-refractivity contribution in [3.8, 4) is 5.69 Å².